The van der Waals surface area contributed by atoms with Crippen LogP contribution in [0.15, 0.2) is 24.3 Å². The van der Waals surface area contributed by atoms with E-state index >= 15 is 0 Å². The molecule has 1 aliphatic rings. The summed E-state index contributed by atoms with van der Waals surface area (Å²) in [5.74, 6) is -0.153. The summed E-state index contributed by atoms with van der Waals surface area (Å²) in [6.07, 6.45) is 0. The molecule has 0 radical (unpaired) electrons. The van der Waals surface area contributed by atoms with E-state index in [2.05, 4.69) is 30.9 Å². The Hall–Kier alpha value is -0.360. The van der Waals surface area contributed by atoms with Crippen molar-refractivity contribution in [3.8, 4) is 0 Å². The second-order valence-electron chi connectivity index (χ2n) is 3.38. The summed E-state index contributed by atoms with van der Waals surface area (Å²) in [5, 5.41) is 0. The lowest BCUT2D eigenvalue weighted by molar-refractivity contribution is 0.460. The molecule has 1 aromatic carbocycles. The van der Waals surface area contributed by atoms with E-state index in [-0.39, 0.29) is 5.82 Å². The summed E-state index contributed by atoms with van der Waals surface area (Å²) < 4.78 is 15.2. The van der Waals surface area contributed by atoms with E-state index in [9.17, 15) is 4.39 Å². The predicted octanol–water partition coefficient (Wildman–Crippen LogP) is 2.30. The van der Waals surface area contributed by atoms with Crippen LogP contribution in [0.1, 0.15) is 0 Å². The van der Waals surface area contributed by atoms with Crippen molar-refractivity contribution in [3.63, 3.8) is 0 Å². The monoisotopic (exact) mass is 306 g/mol. The Bertz CT molecular complexity index is 311. The number of benzene rings is 1. The van der Waals surface area contributed by atoms with Gasteiger partial charge in [0, 0.05) is 54.7 Å². The first kappa shape index (κ1) is 10.2. The second kappa shape index (κ2) is 4.44. The fourth-order valence-electron chi connectivity index (χ4n) is 1.61. The summed E-state index contributed by atoms with van der Waals surface area (Å²) in [5.41, 5.74) is 0.995. The lowest BCUT2D eigenvalue weighted by Crippen LogP contribution is -2.42. The molecule has 1 saturated heterocycles. The minimum Gasteiger partial charge on any atom is -0.369 e. The SMILES string of the molecule is Fc1cccc(N2CCN(I)CC2)c1. The number of piperazine rings is 1. The Kier molecular flexibility index (Phi) is 3.22. The van der Waals surface area contributed by atoms with E-state index in [1.807, 2.05) is 6.07 Å². The summed E-state index contributed by atoms with van der Waals surface area (Å²) in [6, 6.07) is 6.81. The third kappa shape index (κ3) is 2.36. The van der Waals surface area contributed by atoms with Gasteiger partial charge in [-0.25, -0.2) is 7.50 Å². The van der Waals surface area contributed by atoms with Crippen LogP contribution in [-0.4, -0.2) is 29.3 Å². The Labute approximate surface area is 97.2 Å². The highest BCUT2D eigenvalue weighted by Gasteiger charge is 2.14. The predicted molar refractivity (Wildman–Crippen MR) is 64.2 cm³/mol. The normalized spacial score (nSPS) is 18.6. The quantitative estimate of drug-likeness (QED) is 0.580. The van der Waals surface area contributed by atoms with Crippen LogP contribution < -0.4 is 4.90 Å². The molecule has 1 aromatic rings. The highest BCUT2D eigenvalue weighted by Crippen LogP contribution is 2.18. The summed E-state index contributed by atoms with van der Waals surface area (Å²) in [4.78, 5) is 2.22. The van der Waals surface area contributed by atoms with Crippen molar-refractivity contribution in [2.24, 2.45) is 0 Å². The van der Waals surface area contributed by atoms with Crippen LogP contribution in [0.3, 0.4) is 0 Å². The van der Waals surface area contributed by atoms with E-state index < -0.39 is 0 Å². The number of halogens is 2. The Morgan fingerprint density at radius 3 is 2.50 bits per heavy atom. The minimum atomic E-state index is -0.153. The van der Waals surface area contributed by atoms with Gasteiger partial charge in [0.15, 0.2) is 0 Å². The third-order valence-electron chi connectivity index (χ3n) is 2.40. The van der Waals surface area contributed by atoms with Crippen molar-refractivity contribution in [3.05, 3.63) is 30.1 Å². The van der Waals surface area contributed by atoms with Crippen molar-refractivity contribution < 1.29 is 4.39 Å². The molecule has 1 aliphatic heterocycles. The first-order chi connectivity index (χ1) is 6.75. The molecule has 1 fully saturated rings. The van der Waals surface area contributed by atoms with Gasteiger partial charge in [-0.3, -0.25) is 0 Å². The van der Waals surface area contributed by atoms with Crippen molar-refractivity contribution in [2.45, 2.75) is 0 Å². The van der Waals surface area contributed by atoms with Crippen LogP contribution in [0, 0.1) is 5.82 Å². The average Bonchev–Trinajstić information content (AvgIpc) is 2.19. The molecular weight excluding hydrogens is 294 g/mol. The van der Waals surface area contributed by atoms with E-state index in [0.717, 1.165) is 31.9 Å². The number of anilines is 1. The van der Waals surface area contributed by atoms with Gasteiger partial charge in [0.05, 0.1) is 0 Å². The van der Waals surface area contributed by atoms with Crippen molar-refractivity contribution in [2.75, 3.05) is 31.1 Å². The average molecular weight is 306 g/mol. The minimum absolute atomic E-state index is 0.153. The van der Waals surface area contributed by atoms with Gasteiger partial charge in [0.25, 0.3) is 0 Å². The zero-order valence-corrected chi connectivity index (χ0v) is 9.95. The molecule has 0 N–H and O–H groups in total. The summed E-state index contributed by atoms with van der Waals surface area (Å²) in [7, 11) is 0. The topological polar surface area (TPSA) is 6.48 Å². The van der Waals surface area contributed by atoms with Gasteiger partial charge in [0.1, 0.15) is 5.82 Å². The van der Waals surface area contributed by atoms with Crippen LogP contribution in [0.4, 0.5) is 10.1 Å². The Morgan fingerprint density at radius 1 is 1.14 bits per heavy atom. The van der Waals surface area contributed by atoms with Crippen LogP contribution in [0.2, 0.25) is 0 Å². The number of nitrogens with zero attached hydrogens (tertiary/aromatic N) is 2. The fourth-order valence-corrected chi connectivity index (χ4v) is 2.04. The lowest BCUT2D eigenvalue weighted by Gasteiger charge is -2.32. The molecule has 0 aromatic heterocycles. The third-order valence-corrected chi connectivity index (χ3v) is 3.36. The van der Waals surface area contributed by atoms with Crippen LogP contribution in [0.5, 0.6) is 0 Å². The molecule has 14 heavy (non-hydrogen) atoms. The first-order valence-electron chi connectivity index (χ1n) is 4.67. The molecule has 0 aliphatic carbocycles. The van der Waals surface area contributed by atoms with Gasteiger partial charge in [0.2, 0.25) is 0 Å². The first-order valence-corrected chi connectivity index (χ1v) is 5.63. The highest BCUT2D eigenvalue weighted by atomic mass is 127. The maximum atomic E-state index is 13.0. The molecule has 76 valence electrons. The van der Waals surface area contributed by atoms with Crippen molar-refractivity contribution in [1.82, 2.24) is 3.11 Å². The Balaban J connectivity index is 2.08. The molecule has 0 unspecified atom stereocenters. The molecular formula is C10H12FIN2. The lowest BCUT2D eigenvalue weighted by atomic mass is 10.2. The summed E-state index contributed by atoms with van der Waals surface area (Å²) in [6.45, 7) is 4.03. The fraction of sp³-hybridized carbons (Fsp3) is 0.400. The van der Waals surface area contributed by atoms with E-state index in [1.165, 1.54) is 6.07 Å². The van der Waals surface area contributed by atoms with Crippen LogP contribution >= 0.6 is 22.9 Å². The van der Waals surface area contributed by atoms with Crippen LogP contribution in [-0.2, 0) is 0 Å². The molecule has 0 spiro atoms. The van der Waals surface area contributed by atoms with Crippen molar-refractivity contribution in [1.29, 1.82) is 0 Å². The maximum absolute atomic E-state index is 13.0. The number of rotatable bonds is 1. The van der Waals surface area contributed by atoms with E-state index in [1.54, 1.807) is 12.1 Å². The molecule has 2 nitrogen and oxygen atoms in total. The highest BCUT2D eigenvalue weighted by molar-refractivity contribution is 14.1. The zero-order chi connectivity index (χ0) is 9.97. The van der Waals surface area contributed by atoms with Gasteiger partial charge >= 0.3 is 0 Å². The van der Waals surface area contributed by atoms with E-state index in [4.69, 9.17) is 0 Å². The zero-order valence-electron chi connectivity index (χ0n) is 7.79. The molecule has 0 amide bonds. The van der Waals surface area contributed by atoms with Gasteiger partial charge < -0.3 is 4.90 Å². The second-order valence-corrected chi connectivity index (χ2v) is 4.74. The standard InChI is InChI=1S/C10H12FIN2/c11-9-2-1-3-10(8-9)13-4-6-14(12)7-5-13/h1-3,8H,4-7H2. The maximum Gasteiger partial charge on any atom is 0.125 e. The molecule has 4 heteroatoms. The van der Waals surface area contributed by atoms with Gasteiger partial charge in [-0.15, -0.1) is 0 Å². The largest absolute Gasteiger partial charge is 0.369 e. The van der Waals surface area contributed by atoms with Crippen molar-refractivity contribution >= 4 is 28.6 Å². The molecule has 1 heterocycles. The smallest absolute Gasteiger partial charge is 0.125 e. The number of hydrogen-bond acceptors (Lipinski definition) is 2. The molecule has 2 rings (SSSR count). The number of hydrogen-bond donors (Lipinski definition) is 0. The van der Waals surface area contributed by atoms with Gasteiger partial charge in [-0.1, -0.05) is 6.07 Å². The Morgan fingerprint density at radius 2 is 1.86 bits per heavy atom. The van der Waals surface area contributed by atoms with Gasteiger partial charge in [-0.05, 0) is 18.2 Å². The van der Waals surface area contributed by atoms with Gasteiger partial charge in [-0.2, -0.15) is 0 Å². The summed E-state index contributed by atoms with van der Waals surface area (Å²) >= 11 is 2.33. The molecule has 0 atom stereocenters. The van der Waals surface area contributed by atoms with E-state index in [0.29, 0.717) is 0 Å². The molecule has 0 saturated carbocycles. The van der Waals surface area contributed by atoms with Crippen LogP contribution in [0.25, 0.3) is 0 Å². The molecule has 0 bridgehead atoms.